The van der Waals surface area contributed by atoms with Crippen molar-refractivity contribution in [2.75, 3.05) is 0 Å². The average Bonchev–Trinajstić information content (AvgIpc) is 2.49. The van der Waals surface area contributed by atoms with Gasteiger partial charge in [-0.2, -0.15) is 0 Å². The van der Waals surface area contributed by atoms with Gasteiger partial charge in [0.15, 0.2) is 0 Å². The SMILES string of the molecule is CC(=O)OC(C)(C)c1c2ccccc2cc2cc(OC(F)(F)F)ccc12. The summed E-state index contributed by atoms with van der Waals surface area (Å²) in [4.78, 5) is 11.5. The maximum atomic E-state index is 12.5. The fourth-order valence-electron chi connectivity index (χ4n) is 3.31. The molecule has 0 saturated carbocycles. The van der Waals surface area contributed by atoms with Crippen LogP contribution in [0.1, 0.15) is 26.3 Å². The first-order valence-corrected chi connectivity index (χ1v) is 7.98. The molecule has 3 nitrogen and oxygen atoms in total. The molecule has 6 heteroatoms. The minimum absolute atomic E-state index is 0.295. The zero-order valence-corrected chi connectivity index (χ0v) is 14.5. The number of halogens is 3. The molecule has 0 heterocycles. The molecule has 0 aromatic heterocycles. The van der Waals surface area contributed by atoms with Crippen LogP contribution in [0.2, 0.25) is 0 Å². The molecule has 0 saturated heterocycles. The van der Waals surface area contributed by atoms with E-state index in [1.165, 1.54) is 19.1 Å². The van der Waals surface area contributed by atoms with E-state index in [0.29, 0.717) is 10.8 Å². The summed E-state index contributed by atoms with van der Waals surface area (Å²) >= 11 is 0. The first-order valence-electron chi connectivity index (χ1n) is 7.98. The molecule has 0 atom stereocenters. The molecular formula is C20H17F3O3. The third kappa shape index (κ3) is 3.59. The Morgan fingerprint density at radius 1 is 0.923 bits per heavy atom. The van der Waals surface area contributed by atoms with Crippen molar-refractivity contribution in [1.82, 2.24) is 0 Å². The molecule has 0 aliphatic heterocycles. The molecule has 26 heavy (non-hydrogen) atoms. The lowest BCUT2D eigenvalue weighted by atomic mass is 9.87. The second-order valence-electron chi connectivity index (χ2n) is 6.51. The lowest BCUT2D eigenvalue weighted by molar-refractivity contribution is -0.274. The van der Waals surface area contributed by atoms with E-state index < -0.39 is 17.9 Å². The van der Waals surface area contributed by atoms with E-state index in [-0.39, 0.29) is 5.75 Å². The highest BCUT2D eigenvalue weighted by Crippen LogP contribution is 2.39. The minimum atomic E-state index is -4.76. The number of hydrogen-bond acceptors (Lipinski definition) is 3. The van der Waals surface area contributed by atoms with Crippen LogP contribution in [-0.4, -0.2) is 12.3 Å². The van der Waals surface area contributed by atoms with Crippen molar-refractivity contribution >= 4 is 27.5 Å². The highest BCUT2D eigenvalue weighted by atomic mass is 19.4. The molecule has 0 spiro atoms. The van der Waals surface area contributed by atoms with Crippen molar-refractivity contribution in [1.29, 1.82) is 0 Å². The summed E-state index contributed by atoms with van der Waals surface area (Å²) in [6.07, 6.45) is -4.76. The predicted octanol–water partition coefficient (Wildman–Crippen LogP) is 5.69. The van der Waals surface area contributed by atoms with Crippen LogP contribution >= 0.6 is 0 Å². The van der Waals surface area contributed by atoms with Crippen molar-refractivity contribution in [3.05, 3.63) is 54.1 Å². The highest BCUT2D eigenvalue weighted by molar-refractivity contribution is 6.03. The Morgan fingerprint density at radius 3 is 2.23 bits per heavy atom. The summed E-state index contributed by atoms with van der Waals surface area (Å²) in [6.45, 7) is 4.84. The van der Waals surface area contributed by atoms with E-state index in [1.807, 2.05) is 24.3 Å². The molecule has 0 aliphatic rings. The minimum Gasteiger partial charge on any atom is -0.455 e. The van der Waals surface area contributed by atoms with Gasteiger partial charge in [-0.05, 0) is 53.6 Å². The summed E-state index contributed by atoms with van der Waals surface area (Å²) in [6, 6.07) is 13.4. The molecular weight excluding hydrogens is 345 g/mol. The second kappa shape index (κ2) is 6.20. The Hall–Kier alpha value is -2.76. The van der Waals surface area contributed by atoms with E-state index in [2.05, 4.69) is 4.74 Å². The third-order valence-electron chi connectivity index (χ3n) is 4.07. The summed E-state index contributed by atoms with van der Waals surface area (Å²) in [7, 11) is 0. The summed E-state index contributed by atoms with van der Waals surface area (Å²) in [5, 5.41) is 2.97. The number of esters is 1. The van der Waals surface area contributed by atoms with Gasteiger partial charge in [0.05, 0.1) is 0 Å². The van der Waals surface area contributed by atoms with Gasteiger partial charge in [-0.15, -0.1) is 13.2 Å². The Kier molecular flexibility index (Phi) is 4.30. The van der Waals surface area contributed by atoms with Crippen molar-refractivity contribution in [2.24, 2.45) is 0 Å². The Balaban J connectivity index is 2.30. The number of carbonyl (C=O) groups excluding carboxylic acids is 1. The number of carbonyl (C=O) groups is 1. The van der Waals surface area contributed by atoms with Crippen molar-refractivity contribution < 1.29 is 27.4 Å². The number of benzene rings is 3. The van der Waals surface area contributed by atoms with Crippen LogP contribution in [0.5, 0.6) is 5.75 Å². The van der Waals surface area contributed by atoms with Crippen molar-refractivity contribution in [2.45, 2.75) is 32.7 Å². The molecule has 136 valence electrons. The van der Waals surface area contributed by atoms with Crippen molar-refractivity contribution in [3.8, 4) is 5.75 Å². The van der Waals surface area contributed by atoms with Crippen LogP contribution in [0.3, 0.4) is 0 Å². The van der Waals surface area contributed by atoms with Gasteiger partial charge in [-0.3, -0.25) is 4.79 Å². The maximum absolute atomic E-state index is 12.5. The van der Waals surface area contributed by atoms with E-state index in [9.17, 15) is 18.0 Å². The van der Waals surface area contributed by atoms with Crippen LogP contribution in [0.4, 0.5) is 13.2 Å². The number of alkyl halides is 3. The topological polar surface area (TPSA) is 35.5 Å². The van der Waals surface area contributed by atoms with Gasteiger partial charge in [-0.1, -0.05) is 30.3 Å². The summed E-state index contributed by atoms with van der Waals surface area (Å²) in [5.74, 6) is -0.732. The summed E-state index contributed by atoms with van der Waals surface area (Å²) < 4.78 is 47.1. The van der Waals surface area contributed by atoms with Gasteiger partial charge >= 0.3 is 12.3 Å². The zero-order valence-electron chi connectivity index (χ0n) is 14.5. The third-order valence-corrected chi connectivity index (χ3v) is 4.07. The fraction of sp³-hybridized carbons (Fsp3) is 0.250. The lowest BCUT2D eigenvalue weighted by Gasteiger charge is -2.28. The second-order valence-corrected chi connectivity index (χ2v) is 6.51. The molecule has 0 bridgehead atoms. The molecule has 0 fully saturated rings. The van der Waals surface area contributed by atoms with Crippen LogP contribution < -0.4 is 4.74 Å². The van der Waals surface area contributed by atoms with Gasteiger partial charge in [0.1, 0.15) is 11.4 Å². The quantitative estimate of drug-likeness (QED) is 0.443. The molecule has 3 rings (SSSR count). The van der Waals surface area contributed by atoms with E-state index in [1.54, 1.807) is 26.0 Å². The Morgan fingerprint density at radius 2 is 1.58 bits per heavy atom. The van der Waals surface area contributed by atoms with E-state index in [0.717, 1.165) is 16.3 Å². The largest absolute Gasteiger partial charge is 0.573 e. The van der Waals surface area contributed by atoms with Crippen LogP contribution in [-0.2, 0) is 15.1 Å². The van der Waals surface area contributed by atoms with Crippen LogP contribution in [0.15, 0.2) is 48.5 Å². The molecule has 0 unspecified atom stereocenters. The molecule has 3 aromatic carbocycles. The van der Waals surface area contributed by atoms with E-state index >= 15 is 0 Å². The molecule has 0 N–H and O–H groups in total. The molecule has 0 radical (unpaired) electrons. The fourth-order valence-corrected chi connectivity index (χ4v) is 3.31. The summed E-state index contributed by atoms with van der Waals surface area (Å²) in [5.41, 5.74) is -0.225. The van der Waals surface area contributed by atoms with Crippen LogP contribution in [0, 0.1) is 0 Å². The molecule has 0 aliphatic carbocycles. The van der Waals surface area contributed by atoms with Crippen LogP contribution in [0.25, 0.3) is 21.5 Å². The predicted molar refractivity (Wildman–Crippen MR) is 92.9 cm³/mol. The van der Waals surface area contributed by atoms with E-state index in [4.69, 9.17) is 4.74 Å². The van der Waals surface area contributed by atoms with Gasteiger partial charge < -0.3 is 9.47 Å². The standard InChI is InChI=1S/C20H17F3O3/c1-12(24)25-19(2,3)18-16-7-5-4-6-13(16)10-14-11-15(8-9-17(14)18)26-20(21,22)23/h4-11H,1-3H3. The highest BCUT2D eigenvalue weighted by Gasteiger charge is 2.32. The average molecular weight is 362 g/mol. The first kappa shape index (κ1) is 18.0. The number of hydrogen-bond donors (Lipinski definition) is 0. The lowest BCUT2D eigenvalue weighted by Crippen LogP contribution is -2.25. The number of ether oxygens (including phenoxy) is 2. The van der Waals surface area contributed by atoms with Crippen molar-refractivity contribution in [3.63, 3.8) is 0 Å². The zero-order chi connectivity index (χ0) is 19.1. The van der Waals surface area contributed by atoms with Gasteiger partial charge in [-0.25, -0.2) is 0 Å². The Labute approximate surface area is 148 Å². The normalized spacial score (nSPS) is 12.4. The molecule has 0 amide bonds. The maximum Gasteiger partial charge on any atom is 0.573 e. The van der Waals surface area contributed by atoms with Gasteiger partial charge in [0.25, 0.3) is 0 Å². The first-order chi connectivity index (χ1) is 12.1. The molecule has 3 aromatic rings. The number of rotatable bonds is 3. The smallest absolute Gasteiger partial charge is 0.455 e. The van der Waals surface area contributed by atoms with Gasteiger partial charge in [0.2, 0.25) is 0 Å². The monoisotopic (exact) mass is 362 g/mol. The Bertz CT molecular complexity index is 991. The number of fused-ring (bicyclic) bond motifs is 2. The van der Waals surface area contributed by atoms with Gasteiger partial charge in [0, 0.05) is 12.5 Å².